The summed E-state index contributed by atoms with van der Waals surface area (Å²) in [6.45, 7) is 8.80. The largest absolute Gasteiger partial charge is 0.462 e. The summed E-state index contributed by atoms with van der Waals surface area (Å²) in [6, 6.07) is 0. The molecule has 2 aliphatic carbocycles. The maximum absolute atomic E-state index is 13.2. The zero-order chi connectivity index (χ0) is 32.6. The predicted molar refractivity (Wildman–Crippen MR) is 153 cm³/mol. The smallest absolute Gasteiger partial charge is 0.344 e. The van der Waals surface area contributed by atoms with Crippen molar-refractivity contribution in [2.45, 2.75) is 96.4 Å². The summed E-state index contributed by atoms with van der Waals surface area (Å²) in [5.41, 5.74) is -4.12. The molecule has 2 aliphatic heterocycles. The first-order chi connectivity index (χ1) is 20.6. The van der Waals surface area contributed by atoms with Crippen LogP contribution in [0.4, 0.5) is 0 Å². The van der Waals surface area contributed by atoms with Gasteiger partial charge in [-0.15, -0.1) is 11.6 Å². The van der Waals surface area contributed by atoms with Crippen molar-refractivity contribution in [2.75, 3.05) is 19.1 Å². The average Bonchev–Trinajstić information content (AvgIpc) is 3.67. The van der Waals surface area contributed by atoms with Gasteiger partial charge in [0.2, 0.25) is 0 Å². The summed E-state index contributed by atoms with van der Waals surface area (Å²) in [5, 5.41) is 12.5. The van der Waals surface area contributed by atoms with Gasteiger partial charge >= 0.3 is 29.8 Å². The zero-order valence-corrected chi connectivity index (χ0v) is 26.6. The number of carbonyl (C=O) groups excluding carboxylic acids is 5. The van der Waals surface area contributed by atoms with Gasteiger partial charge in [-0.05, 0) is 43.4 Å². The Kier molecular flexibility index (Phi) is 9.87. The van der Waals surface area contributed by atoms with E-state index in [9.17, 15) is 29.1 Å². The molecular formula is C31H41ClO12. The fourth-order valence-electron chi connectivity index (χ4n) is 6.95. The van der Waals surface area contributed by atoms with Gasteiger partial charge in [0.1, 0.15) is 18.3 Å². The second-order valence-electron chi connectivity index (χ2n) is 12.7. The molecule has 0 aromatic rings. The molecule has 4 rings (SSSR count). The van der Waals surface area contributed by atoms with Crippen LogP contribution in [-0.2, 0) is 52.4 Å². The number of alkyl halides is 1. The molecule has 0 radical (unpaired) electrons. The quantitative estimate of drug-likeness (QED) is 0.179. The van der Waals surface area contributed by atoms with Gasteiger partial charge in [0.05, 0.1) is 23.5 Å². The Balaban J connectivity index is 1.90. The van der Waals surface area contributed by atoms with Crippen LogP contribution in [0.25, 0.3) is 0 Å². The van der Waals surface area contributed by atoms with E-state index in [2.05, 4.69) is 0 Å². The molecule has 44 heavy (non-hydrogen) atoms. The SMILES string of the molecule is CC(=O)OC1CCC2(CO2)C2C(OC(C)=O)C3(O)C(C=C(CCl)C=CC(OC(=O)COC(=O)CC(C)C)C12C)OC(=O)C3C. The van der Waals surface area contributed by atoms with Gasteiger partial charge in [-0.25, -0.2) is 4.79 Å². The third kappa shape index (κ3) is 6.39. The second-order valence-corrected chi connectivity index (χ2v) is 13.0. The number of epoxide rings is 1. The molecule has 4 aliphatic rings. The van der Waals surface area contributed by atoms with E-state index >= 15 is 0 Å². The average molecular weight is 641 g/mol. The number of carbonyl (C=O) groups is 5. The number of halogens is 1. The summed E-state index contributed by atoms with van der Waals surface area (Å²) < 4.78 is 34.5. The van der Waals surface area contributed by atoms with Gasteiger partial charge in [0.15, 0.2) is 18.3 Å². The predicted octanol–water partition coefficient (Wildman–Crippen LogP) is 2.56. The molecule has 0 amide bonds. The first-order valence-corrected chi connectivity index (χ1v) is 15.3. The van der Waals surface area contributed by atoms with E-state index in [1.807, 2.05) is 13.8 Å². The van der Waals surface area contributed by atoms with Gasteiger partial charge in [-0.3, -0.25) is 19.2 Å². The number of fused-ring (bicyclic) bond motifs is 3. The van der Waals surface area contributed by atoms with Crippen LogP contribution in [0, 0.1) is 23.2 Å². The Morgan fingerprint density at radius 3 is 2.34 bits per heavy atom. The van der Waals surface area contributed by atoms with Gasteiger partial charge in [0, 0.05) is 32.1 Å². The molecule has 12 nitrogen and oxygen atoms in total. The monoisotopic (exact) mass is 640 g/mol. The summed E-state index contributed by atoms with van der Waals surface area (Å²) in [6.07, 6.45) is 0.505. The molecular weight excluding hydrogens is 600 g/mol. The van der Waals surface area contributed by atoms with Gasteiger partial charge in [0.25, 0.3) is 0 Å². The Labute approximate surface area is 261 Å². The molecule has 0 aromatic heterocycles. The van der Waals surface area contributed by atoms with Crippen LogP contribution in [0.3, 0.4) is 0 Å². The van der Waals surface area contributed by atoms with E-state index < -0.39 is 89.3 Å². The van der Waals surface area contributed by atoms with E-state index in [0.717, 1.165) is 0 Å². The van der Waals surface area contributed by atoms with E-state index in [1.54, 1.807) is 19.1 Å². The van der Waals surface area contributed by atoms with E-state index in [0.29, 0.717) is 12.0 Å². The lowest BCUT2D eigenvalue weighted by Gasteiger charge is -2.56. The van der Waals surface area contributed by atoms with Crippen molar-refractivity contribution in [2.24, 2.45) is 23.2 Å². The Hall–Kier alpha value is -2.96. The minimum Gasteiger partial charge on any atom is -0.462 e. The highest BCUT2D eigenvalue weighted by atomic mass is 35.5. The molecule has 2 saturated heterocycles. The highest BCUT2D eigenvalue weighted by Crippen LogP contribution is 2.62. The van der Waals surface area contributed by atoms with E-state index in [4.69, 9.17) is 40.0 Å². The number of hydrogen-bond donors (Lipinski definition) is 1. The summed E-state index contributed by atoms with van der Waals surface area (Å²) in [7, 11) is 0. The third-order valence-corrected chi connectivity index (χ3v) is 9.49. The third-order valence-electron chi connectivity index (χ3n) is 9.18. The molecule has 1 N–H and O–H groups in total. The van der Waals surface area contributed by atoms with Gasteiger partial charge in [-0.2, -0.15) is 0 Å². The van der Waals surface area contributed by atoms with Crippen LogP contribution in [-0.4, -0.2) is 89.7 Å². The fraction of sp³-hybridized carbons (Fsp3) is 0.710. The lowest BCUT2D eigenvalue weighted by atomic mass is 9.53. The zero-order valence-electron chi connectivity index (χ0n) is 25.8. The standard InChI is InChI=1S/C31H41ClO12/c1-16(2)11-24(35)39-14-25(36)43-21-8-7-20(13-32)12-23-31(38,17(3)28(37)44-23)27(42-19(5)34)26-29(21,6)22(41-18(4)33)9-10-30(26)15-40-30/h7-8,12,16-17,21-23,26-27,38H,9-11,13-15H2,1-6H3. The maximum atomic E-state index is 13.2. The molecule has 1 saturated carbocycles. The van der Waals surface area contributed by atoms with Crippen LogP contribution in [0.1, 0.15) is 60.8 Å². The number of aliphatic hydroxyl groups is 1. The lowest BCUT2D eigenvalue weighted by molar-refractivity contribution is -0.236. The Morgan fingerprint density at radius 1 is 1.11 bits per heavy atom. The molecule has 2 heterocycles. The highest BCUT2D eigenvalue weighted by Gasteiger charge is 2.74. The van der Waals surface area contributed by atoms with Crippen LogP contribution in [0.2, 0.25) is 0 Å². The Morgan fingerprint density at radius 2 is 1.77 bits per heavy atom. The van der Waals surface area contributed by atoms with E-state index in [-0.39, 0.29) is 31.2 Å². The molecule has 1 spiro atoms. The Bertz CT molecular complexity index is 1240. The molecule has 9 unspecified atom stereocenters. The van der Waals surface area contributed by atoms with Gasteiger partial charge < -0.3 is 33.5 Å². The molecule has 9 atom stereocenters. The molecule has 0 aromatic carbocycles. The molecule has 0 bridgehead atoms. The van der Waals surface area contributed by atoms with Crippen LogP contribution >= 0.6 is 11.6 Å². The van der Waals surface area contributed by atoms with Crippen LogP contribution in [0.15, 0.2) is 23.8 Å². The van der Waals surface area contributed by atoms with Crippen molar-refractivity contribution >= 4 is 41.4 Å². The topological polar surface area (TPSA) is 164 Å². The van der Waals surface area contributed by atoms with Crippen LogP contribution < -0.4 is 0 Å². The van der Waals surface area contributed by atoms with Crippen molar-refractivity contribution in [1.29, 1.82) is 0 Å². The van der Waals surface area contributed by atoms with Crippen molar-refractivity contribution in [1.82, 2.24) is 0 Å². The number of rotatable bonds is 8. The normalized spacial score (nSPS) is 37.7. The molecule has 3 fully saturated rings. The fourth-order valence-corrected chi connectivity index (χ4v) is 7.12. The van der Waals surface area contributed by atoms with Crippen molar-refractivity contribution < 1.29 is 57.5 Å². The number of esters is 5. The first-order valence-electron chi connectivity index (χ1n) is 14.8. The molecule has 13 heteroatoms. The number of hydrogen-bond acceptors (Lipinski definition) is 12. The number of allylic oxidation sites excluding steroid dienone is 2. The maximum Gasteiger partial charge on any atom is 0.344 e. The van der Waals surface area contributed by atoms with E-state index in [1.165, 1.54) is 26.8 Å². The van der Waals surface area contributed by atoms with Gasteiger partial charge in [-0.1, -0.05) is 26.8 Å². The van der Waals surface area contributed by atoms with Crippen molar-refractivity contribution in [3.8, 4) is 0 Å². The van der Waals surface area contributed by atoms with Crippen molar-refractivity contribution in [3.63, 3.8) is 0 Å². The van der Waals surface area contributed by atoms with Crippen LogP contribution in [0.5, 0.6) is 0 Å². The first kappa shape index (κ1) is 33.9. The summed E-state index contributed by atoms with van der Waals surface area (Å²) in [4.78, 5) is 63.5. The minimum absolute atomic E-state index is 0.0170. The number of ether oxygens (including phenoxy) is 6. The summed E-state index contributed by atoms with van der Waals surface area (Å²) >= 11 is 6.25. The highest BCUT2D eigenvalue weighted by molar-refractivity contribution is 6.19. The minimum atomic E-state index is -2.12. The second kappa shape index (κ2) is 12.8. The van der Waals surface area contributed by atoms with Crippen molar-refractivity contribution in [3.05, 3.63) is 23.8 Å². The molecule has 244 valence electrons. The summed E-state index contributed by atoms with van der Waals surface area (Å²) in [5.74, 6) is -5.73. The lowest BCUT2D eigenvalue weighted by Crippen LogP contribution is -2.69.